The molecule has 94 valence electrons. The van der Waals surface area contributed by atoms with Crippen LogP contribution in [-0.4, -0.2) is 43.3 Å². The number of amides is 1. The third-order valence-electron chi connectivity index (χ3n) is 2.56. The van der Waals surface area contributed by atoms with Crippen LogP contribution in [0.2, 0.25) is 0 Å². The van der Waals surface area contributed by atoms with Gasteiger partial charge in [0.1, 0.15) is 6.61 Å². The molecule has 1 amide bonds. The summed E-state index contributed by atoms with van der Waals surface area (Å²) in [7, 11) is 0. The minimum Gasteiger partial charge on any atom is -0.447 e. The summed E-state index contributed by atoms with van der Waals surface area (Å²) in [5, 5.41) is 0. The zero-order chi connectivity index (χ0) is 12.1. The van der Waals surface area contributed by atoms with E-state index in [1.807, 2.05) is 13.8 Å². The molecule has 1 saturated heterocycles. The lowest BCUT2D eigenvalue weighted by Gasteiger charge is -2.31. The molecule has 1 heterocycles. The number of ether oxygens (including phenoxy) is 3. The zero-order valence-electron chi connectivity index (χ0n) is 10.4. The molecule has 0 aliphatic carbocycles. The van der Waals surface area contributed by atoms with Crippen molar-refractivity contribution < 1.29 is 19.0 Å². The minimum absolute atomic E-state index is 0.0237. The van der Waals surface area contributed by atoms with Crippen LogP contribution in [-0.2, 0) is 14.2 Å². The lowest BCUT2D eigenvalue weighted by Crippen LogP contribution is -2.47. The molecule has 0 saturated carbocycles. The molecule has 0 N–H and O–H groups in total. The van der Waals surface area contributed by atoms with E-state index in [0.29, 0.717) is 25.7 Å². The van der Waals surface area contributed by atoms with Gasteiger partial charge in [-0.1, -0.05) is 13.8 Å². The van der Waals surface area contributed by atoms with Crippen LogP contribution in [0.4, 0.5) is 4.79 Å². The maximum Gasteiger partial charge on any atom is 0.414 e. The van der Waals surface area contributed by atoms with Gasteiger partial charge < -0.3 is 14.2 Å². The van der Waals surface area contributed by atoms with Crippen molar-refractivity contribution in [3.63, 3.8) is 0 Å². The summed E-state index contributed by atoms with van der Waals surface area (Å²) in [5.74, 6) is 0.315. The molecule has 5 nitrogen and oxygen atoms in total. The van der Waals surface area contributed by atoms with Crippen LogP contribution in [0.15, 0.2) is 0 Å². The SMILES string of the molecule is CCOC(OCC)N1C(=O)OC[C@@H]1C(C)C. The number of rotatable bonds is 6. The highest BCUT2D eigenvalue weighted by molar-refractivity contribution is 5.70. The molecule has 0 spiro atoms. The normalized spacial score (nSPS) is 21.0. The Morgan fingerprint density at radius 1 is 1.38 bits per heavy atom. The van der Waals surface area contributed by atoms with Gasteiger partial charge >= 0.3 is 6.09 Å². The summed E-state index contributed by atoms with van der Waals surface area (Å²) in [4.78, 5) is 13.2. The lowest BCUT2D eigenvalue weighted by atomic mass is 10.1. The molecule has 0 aromatic carbocycles. The van der Waals surface area contributed by atoms with Gasteiger partial charge in [-0.3, -0.25) is 4.90 Å². The molecular weight excluding hydrogens is 210 g/mol. The fraction of sp³-hybridized carbons (Fsp3) is 0.909. The van der Waals surface area contributed by atoms with Gasteiger partial charge in [-0.25, -0.2) is 4.79 Å². The van der Waals surface area contributed by atoms with Crippen molar-refractivity contribution in [1.29, 1.82) is 0 Å². The first-order chi connectivity index (χ1) is 7.61. The Morgan fingerprint density at radius 2 is 1.94 bits per heavy atom. The van der Waals surface area contributed by atoms with Gasteiger partial charge in [-0.2, -0.15) is 0 Å². The topological polar surface area (TPSA) is 48.0 Å². The van der Waals surface area contributed by atoms with Gasteiger partial charge in [-0.05, 0) is 19.8 Å². The van der Waals surface area contributed by atoms with E-state index in [-0.39, 0.29) is 12.1 Å². The Kier molecular flexibility index (Phi) is 5.02. The van der Waals surface area contributed by atoms with E-state index in [9.17, 15) is 4.79 Å². The molecular formula is C11H21NO4. The molecule has 1 aliphatic heterocycles. The maximum atomic E-state index is 11.6. The first-order valence-corrected chi connectivity index (χ1v) is 5.80. The molecule has 0 radical (unpaired) electrons. The quantitative estimate of drug-likeness (QED) is 0.654. The van der Waals surface area contributed by atoms with Gasteiger partial charge in [0, 0.05) is 13.2 Å². The number of hydrogen-bond donors (Lipinski definition) is 0. The molecule has 16 heavy (non-hydrogen) atoms. The average Bonchev–Trinajstić information content (AvgIpc) is 2.60. The molecule has 1 atom stereocenters. The van der Waals surface area contributed by atoms with E-state index < -0.39 is 6.41 Å². The Labute approximate surface area is 96.6 Å². The zero-order valence-corrected chi connectivity index (χ0v) is 10.4. The Balaban J connectivity index is 2.73. The summed E-state index contributed by atoms with van der Waals surface area (Å²) in [5.41, 5.74) is 0. The van der Waals surface area contributed by atoms with Crippen LogP contribution in [0, 0.1) is 5.92 Å². The highest BCUT2D eigenvalue weighted by Crippen LogP contribution is 2.23. The Morgan fingerprint density at radius 3 is 2.38 bits per heavy atom. The number of cyclic esters (lactones) is 1. The molecule has 0 aromatic rings. The van der Waals surface area contributed by atoms with Crippen molar-refractivity contribution >= 4 is 6.09 Å². The van der Waals surface area contributed by atoms with Crippen molar-refractivity contribution in [2.24, 2.45) is 5.92 Å². The smallest absolute Gasteiger partial charge is 0.414 e. The van der Waals surface area contributed by atoms with Gasteiger partial charge in [-0.15, -0.1) is 0 Å². The summed E-state index contributed by atoms with van der Waals surface area (Å²) >= 11 is 0. The van der Waals surface area contributed by atoms with E-state index in [4.69, 9.17) is 14.2 Å². The molecule has 0 bridgehead atoms. The average molecular weight is 231 g/mol. The first kappa shape index (κ1) is 13.3. The van der Waals surface area contributed by atoms with Crippen molar-refractivity contribution in [1.82, 2.24) is 4.90 Å². The summed E-state index contributed by atoms with van der Waals surface area (Å²) in [6.07, 6.45) is -0.983. The largest absolute Gasteiger partial charge is 0.447 e. The van der Waals surface area contributed by atoms with Crippen LogP contribution in [0.3, 0.4) is 0 Å². The van der Waals surface area contributed by atoms with Crippen LogP contribution >= 0.6 is 0 Å². The first-order valence-electron chi connectivity index (χ1n) is 5.80. The third kappa shape index (κ3) is 2.86. The monoisotopic (exact) mass is 231 g/mol. The van der Waals surface area contributed by atoms with E-state index in [1.54, 1.807) is 4.90 Å². The number of carbonyl (C=O) groups excluding carboxylic acids is 1. The van der Waals surface area contributed by atoms with Crippen LogP contribution < -0.4 is 0 Å². The van der Waals surface area contributed by atoms with E-state index in [2.05, 4.69) is 13.8 Å². The van der Waals surface area contributed by atoms with E-state index in [1.165, 1.54) is 0 Å². The van der Waals surface area contributed by atoms with Crippen molar-refractivity contribution in [2.45, 2.75) is 40.2 Å². The van der Waals surface area contributed by atoms with Gasteiger partial charge in [0.15, 0.2) is 0 Å². The molecule has 0 unspecified atom stereocenters. The van der Waals surface area contributed by atoms with Crippen molar-refractivity contribution in [3.8, 4) is 0 Å². The predicted molar refractivity (Wildman–Crippen MR) is 58.9 cm³/mol. The standard InChI is InChI=1S/C11H21NO4/c1-5-14-11(15-6-2)12-9(8(3)4)7-16-10(12)13/h8-9,11H,5-7H2,1-4H3/t9-/m1/s1. The Bertz CT molecular complexity index is 226. The number of carbonyl (C=O) groups is 1. The molecule has 5 heteroatoms. The summed E-state index contributed by atoms with van der Waals surface area (Å²) in [6.45, 7) is 9.25. The van der Waals surface area contributed by atoms with Crippen LogP contribution in [0.5, 0.6) is 0 Å². The number of hydrogen-bond acceptors (Lipinski definition) is 4. The van der Waals surface area contributed by atoms with E-state index in [0.717, 1.165) is 0 Å². The van der Waals surface area contributed by atoms with Gasteiger partial charge in [0.2, 0.25) is 6.41 Å². The highest BCUT2D eigenvalue weighted by Gasteiger charge is 2.40. The van der Waals surface area contributed by atoms with Crippen LogP contribution in [0.25, 0.3) is 0 Å². The third-order valence-corrected chi connectivity index (χ3v) is 2.56. The van der Waals surface area contributed by atoms with Crippen LogP contribution in [0.1, 0.15) is 27.7 Å². The second kappa shape index (κ2) is 6.06. The maximum absolute atomic E-state index is 11.6. The summed E-state index contributed by atoms with van der Waals surface area (Å²) < 4.78 is 15.9. The highest BCUT2D eigenvalue weighted by atomic mass is 16.7. The predicted octanol–water partition coefficient (Wildman–Crippen LogP) is 1.82. The molecule has 1 aliphatic rings. The lowest BCUT2D eigenvalue weighted by molar-refractivity contribution is -0.210. The van der Waals surface area contributed by atoms with Crippen molar-refractivity contribution in [3.05, 3.63) is 0 Å². The number of nitrogens with zero attached hydrogens (tertiary/aromatic N) is 1. The molecule has 0 aromatic heterocycles. The van der Waals surface area contributed by atoms with E-state index >= 15 is 0 Å². The second-order valence-electron chi connectivity index (χ2n) is 4.01. The minimum atomic E-state index is -0.627. The van der Waals surface area contributed by atoms with Gasteiger partial charge in [0.25, 0.3) is 0 Å². The fourth-order valence-electron chi connectivity index (χ4n) is 1.70. The summed E-state index contributed by atoms with van der Waals surface area (Å²) in [6, 6.07) is 0.0237. The molecule has 1 rings (SSSR count). The molecule has 1 fully saturated rings. The fourth-order valence-corrected chi connectivity index (χ4v) is 1.70. The second-order valence-corrected chi connectivity index (χ2v) is 4.01. The van der Waals surface area contributed by atoms with Gasteiger partial charge in [0.05, 0.1) is 6.04 Å². The Hall–Kier alpha value is -0.810. The van der Waals surface area contributed by atoms with Crippen molar-refractivity contribution in [2.75, 3.05) is 19.8 Å².